The number of rotatable bonds is 2. The Morgan fingerprint density at radius 3 is 2.81 bits per heavy atom. The van der Waals surface area contributed by atoms with Gasteiger partial charge in [-0.2, -0.15) is 0 Å². The normalized spacial score (nSPS) is 24.6. The van der Waals surface area contributed by atoms with Crippen molar-refractivity contribution in [2.24, 2.45) is 5.73 Å². The molecule has 0 aromatic rings. The average Bonchev–Trinajstić information content (AvgIpc) is 2.55. The van der Waals surface area contributed by atoms with Crippen molar-refractivity contribution in [2.75, 3.05) is 13.1 Å². The van der Waals surface area contributed by atoms with E-state index in [1.165, 1.54) is 0 Å². The van der Waals surface area contributed by atoms with E-state index in [9.17, 15) is 5.26 Å². The fourth-order valence-electron chi connectivity index (χ4n) is 2.33. The molecule has 0 saturated carbocycles. The highest BCUT2D eigenvalue weighted by Gasteiger charge is 2.38. The van der Waals surface area contributed by atoms with E-state index in [1.54, 1.807) is 0 Å². The molecule has 0 radical (unpaired) electrons. The summed E-state index contributed by atoms with van der Waals surface area (Å²) < 4.78 is 0. The molecule has 0 amide bonds. The predicted octanol–water partition coefficient (Wildman–Crippen LogP) is 1.57. The molecule has 1 heterocycles. The first-order valence-corrected chi connectivity index (χ1v) is 5.64. The van der Waals surface area contributed by atoms with Crippen molar-refractivity contribution in [2.45, 2.75) is 24.9 Å². The molecule has 16 heavy (non-hydrogen) atoms. The molecule has 1 saturated heterocycles. The van der Waals surface area contributed by atoms with Gasteiger partial charge in [-0.1, -0.05) is 24.3 Å². The van der Waals surface area contributed by atoms with Crippen molar-refractivity contribution in [3.8, 4) is 0 Å². The summed E-state index contributed by atoms with van der Waals surface area (Å²) in [6, 6.07) is 0. The van der Waals surface area contributed by atoms with Crippen molar-refractivity contribution >= 4 is 0 Å². The lowest BCUT2D eigenvalue weighted by Gasteiger charge is -2.36. The second kappa shape index (κ2) is 4.82. The highest BCUT2D eigenvalue weighted by Crippen LogP contribution is 2.34. The second-order valence-electron chi connectivity index (χ2n) is 4.27. The van der Waals surface area contributed by atoms with Gasteiger partial charge in [-0.3, -0.25) is 5.26 Å². The Kier molecular flexibility index (Phi) is 3.43. The quantitative estimate of drug-likeness (QED) is 0.492. The molecule has 4 N–H and O–H groups in total. The van der Waals surface area contributed by atoms with Gasteiger partial charge in [0.1, 0.15) is 5.60 Å². The SMILES string of the molecule is NC1=C(C2(OO)CCNCC2)C=CC=CC1.[HH]. The molecule has 1 fully saturated rings. The lowest BCUT2D eigenvalue weighted by molar-refractivity contribution is -0.315. The minimum absolute atomic E-state index is 0. The number of hydrogen-bond donors (Lipinski definition) is 3. The van der Waals surface area contributed by atoms with Crippen LogP contribution in [0, 0.1) is 0 Å². The lowest BCUT2D eigenvalue weighted by atomic mass is 9.83. The topological polar surface area (TPSA) is 67.5 Å². The van der Waals surface area contributed by atoms with Crippen LogP contribution in [0.5, 0.6) is 0 Å². The monoisotopic (exact) mass is 224 g/mol. The van der Waals surface area contributed by atoms with Crippen LogP contribution in [0.2, 0.25) is 0 Å². The van der Waals surface area contributed by atoms with Gasteiger partial charge >= 0.3 is 0 Å². The molecule has 0 unspecified atom stereocenters. The second-order valence-corrected chi connectivity index (χ2v) is 4.27. The third-order valence-electron chi connectivity index (χ3n) is 3.27. The van der Waals surface area contributed by atoms with Crippen molar-refractivity contribution in [1.29, 1.82) is 0 Å². The van der Waals surface area contributed by atoms with Crippen LogP contribution in [0.4, 0.5) is 0 Å². The van der Waals surface area contributed by atoms with Gasteiger partial charge in [0.25, 0.3) is 0 Å². The van der Waals surface area contributed by atoms with Crippen LogP contribution in [-0.4, -0.2) is 23.9 Å². The molecular weight excluding hydrogens is 204 g/mol. The maximum absolute atomic E-state index is 9.23. The van der Waals surface area contributed by atoms with E-state index in [-0.39, 0.29) is 1.43 Å². The van der Waals surface area contributed by atoms with E-state index >= 15 is 0 Å². The smallest absolute Gasteiger partial charge is 0.132 e. The first-order chi connectivity index (χ1) is 7.78. The van der Waals surface area contributed by atoms with E-state index < -0.39 is 5.60 Å². The Hall–Kier alpha value is -1.10. The van der Waals surface area contributed by atoms with Crippen LogP contribution in [-0.2, 0) is 4.89 Å². The van der Waals surface area contributed by atoms with Gasteiger partial charge in [0.2, 0.25) is 0 Å². The van der Waals surface area contributed by atoms with Crippen molar-refractivity contribution < 1.29 is 11.6 Å². The van der Waals surface area contributed by atoms with Gasteiger partial charge in [-0.15, -0.1) is 0 Å². The highest BCUT2D eigenvalue weighted by molar-refractivity contribution is 5.38. The van der Waals surface area contributed by atoms with E-state index in [2.05, 4.69) is 5.32 Å². The summed E-state index contributed by atoms with van der Waals surface area (Å²) in [5, 5.41) is 12.5. The van der Waals surface area contributed by atoms with E-state index in [4.69, 9.17) is 10.6 Å². The van der Waals surface area contributed by atoms with Crippen LogP contribution in [0.25, 0.3) is 0 Å². The first-order valence-electron chi connectivity index (χ1n) is 5.64. The van der Waals surface area contributed by atoms with Crippen molar-refractivity contribution in [1.82, 2.24) is 5.32 Å². The Balaban J connectivity index is 0.00000144. The zero-order chi connectivity index (χ0) is 11.4. The maximum Gasteiger partial charge on any atom is 0.132 e. The Morgan fingerprint density at radius 2 is 2.12 bits per heavy atom. The van der Waals surface area contributed by atoms with Crippen LogP contribution >= 0.6 is 0 Å². The molecule has 0 aromatic carbocycles. The van der Waals surface area contributed by atoms with Gasteiger partial charge in [-0.25, -0.2) is 4.89 Å². The number of hydrogen-bond acceptors (Lipinski definition) is 4. The molecule has 0 spiro atoms. The zero-order valence-electron chi connectivity index (χ0n) is 9.28. The zero-order valence-corrected chi connectivity index (χ0v) is 9.28. The number of piperidine rings is 1. The van der Waals surface area contributed by atoms with Crippen molar-refractivity contribution in [3.05, 3.63) is 35.6 Å². The van der Waals surface area contributed by atoms with E-state index in [0.717, 1.165) is 37.2 Å². The standard InChI is InChI=1S/C12H18N2O2.H2/c13-11-5-3-1-2-4-10(11)12(16-15)6-8-14-9-7-12;/h1-4,14-15H,5-9,13H2;1H. The van der Waals surface area contributed by atoms with Gasteiger partial charge in [0.15, 0.2) is 0 Å². The summed E-state index contributed by atoms with van der Waals surface area (Å²) in [5.41, 5.74) is 7.11. The van der Waals surface area contributed by atoms with E-state index in [1.807, 2.05) is 24.3 Å². The van der Waals surface area contributed by atoms with Gasteiger partial charge in [0, 0.05) is 19.1 Å². The number of allylic oxidation sites excluding steroid dienone is 3. The summed E-state index contributed by atoms with van der Waals surface area (Å²) in [5.74, 6) is 0. The summed E-state index contributed by atoms with van der Waals surface area (Å²) in [6.45, 7) is 1.66. The van der Waals surface area contributed by atoms with Crippen LogP contribution in [0.3, 0.4) is 0 Å². The largest absolute Gasteiger partial charge is 0.401 e. The predicted molar refractivity (Wildman–Crippen MR) is 64.8 cm³/mol. The summed E-state index contributed by atoms with van der Waals surface area (Å²) >= 11 is 0. The van der Waals surface area contributed by atoms with Crippen molar-refractivity contribution in [3.63, 3.8) is 0 Å². The van der Waals surface area contributed by atoms with E-state index in [0.29, 0.717) is 6.42 Å². The summed E-state index contributed by atoms with van der Waals surface area (Å²) in [6.07, 6.45) is 10.0. The summed E-state index contributed by atoms with van der Waals surface area (Å²) in [7, 11) is 0. The molecule has 4 nitrogen and oxygen atoms in total. The first kappa shape index (κ1) is 11.4. The molecule has 1 aliphatic carbocycles. The maximum atomic E-state index is 9.23. The fraction of sp³-hybridized carbons (Fsp3) is 0.500. The fourth-order valence-corrected chi connectivity index (χ4v) is 2.33. The van der Waals surface area contributed by atoms with Crippen LogP contribution < -0.4 is 11.1 Å². The minimum Gasteiger partial charge on any atom is -0.401 e. The van der Waals surface area contributed by atoms with Crippen LogP contribution in [0.15, 0.2) is 35.6 Å². The van der Waals surface area contributed by atoms with Gasteiger partial charge < -0.3 is 11.1 Å². The van der Waals surface area contributed by atoms with Gasteiger partial charge in [-0.05, 0) is 25.9 Å². The third-order valence-corrected chi connectivity index (χ3v) is 3.27. The molecule has 90 valence electrons. The molecule has 2 aliphatic rings. The average molecular weight is 224 g/mol. The highest BCUT2D eigenvalue weighted by atomic mass is 17.1. The molecule has 0 bridgehead atoms. The summed E-state index contributed by atoms with van der Waals surface area (Å²) in [4.78, 5) is 4.79. The number of nitrogens with one attached hydrogen (secondary N) is 1. The molecule has 1 aliphatic heterocycles. The molecular formula is C12H20N2O2. The van der Waals surface area contributed by atoms with Crippen LogP contribution in [0.1, 0.15) is 20.7 Å². The number of nitrogens with two attached hydrogens (primary N) is 1. The Labute approximate surface area is 96.9 Å². The lowest BCUT2D eigenvalue weighted by Crippen LogP contribution is -2.45. The Morgan fingerprint density at radius 1 is 1.38 bits per heavy atom. The molecule has 2 rings (SSSR count). The minimum atomic E-state index is -0.627. The third kappa shape index (κ3) is 2.04. The molecule has 0 aromatic heterocycles. The van der Waals surface area contributed by atoms with Gasteiger partial charge in [0.05, 0.1) is 0 Å². The molecule has 0 atom stereocenters. The Bertz CT molecular complexity index is 344. The molecule has 4 heteroatoms.